The maximum atomic E-state index is 12.4. The predicted octanol–water partition coefficient (Wildman–Crippen LogP) is 2.84. The molecule has 1 aromatic rings. The number of carbonyl (C=O) groups excluding carboxylic acids is 2. The highest BCUT2D eigenvalue weighted by molar-refractivity contribution is 5.78. The fourth-order valence-electron chi connectivity index (χ4n) is 2.62. The Kier molecular flexibility index (Phi) is 6.28. The van der Waals surface area contributed by atoms with Crippen LogP contribution < -0.4 is 4.74 Å². The molecule has 0 aromatic heterocycles. The number of hydrogen-bond acceptors (Lipinski definition) is 4. The molecule has 1 aliphatic heterocycles. The predicted molar refractivity (Wildman–Crippen MR) is 95.7 cm³/mol. The second kappa shape index (κ2) is 8.23. The minimum atomic E-state index is -0.513. The summed E-state index contributed by atoms with van der Waals surface area (Å²) in [6.07, 6.45) is 0.410. The standard InChI is InChI=1S/C19H28N2O4/c1-15-7-5-8-16(13-15)24-14-17(22)20-9-6-10-21(12-11-20)18(23)25-19(2,3)4/h5,7-8,13H,6,9-12,14H2,1-4H3. The molecule has 1 saturated heterocycles. The summed E-state index contributed by atoms with van der Waals surface area (Å²) in [5, 5.41) is 0. The fourth-order valence-corrected chi connectivity index (χ4v) is 2.62. The van der Waals surface area contributed by atoms with E-state index in [2.05, 4.69) is 0 Å². The molecule has 0 spiro atoms. The zero-order chi connectivity index (χ0) is 18.4. The molecule has 138 valence electrons. The molecule has 0 unspecified atom stereocenters. The van der Waals surface area contributed by atoms with Gasteiger partial charge in [0.1, 0.15) is 11.4 Å². The van der Waals surface area contributed by atoms with Crippen LogP contribution in [-0.4, -0.2) is 60.2 Å². The lowest BCUT2D eigenvalue weighted by molar-refractivity contribution is -0.133. The quantitative estimate of drug-likeness (QED) is 0.843. The number of hydrogen-bond donors (Lipinski definition) is 0. The van der Waals surface area contributed by atoms with Gasteiger partial charge in [-0.25, -0.2) is 4.79 Å². The Balaban J connectivity index is 1.83. The van der Waals surface area contributed by atoms with Crippen molar-refractivity contribution in [2.45, 2.75) is 39.7 Å². The van der Waals surface area contributed by atoms with Gasteiger partial charge in [-0.15, -0.1) is 0 Å². The first-order valence-electron chi connectivity index (χ1n) is 8.70. The van der Waals surface area contributed by atoms with Crippen molar-refractivity contribution in [1.82, 2.24) is 9.80 Å². The highest BCUT2D eigenvalue weighted by Crippen LogP contribution is 2.14. The molecule has 2 amide bonds. The Morgan fingerprint density at radius 3 is 2.44 bits per heavy atom. The average molecular weight is 348 g/mol. The van der Waals surface area contributed by atoms with Crippen LogP contribution in [-0.2, 0) is 9.53 Å². The largest absolute Gasteiger partial charge is 0.484 e. The number of ether oxygens (including phenoxy) is 2. The number of amides is 2. The average Bonchev–Trinajstić information content (AvgIpc) is 2.77. The molecule has 1 fully saturated rings. The Morgan fingerprint density at radius 2 is 1.76 bits per heavy atom. The number of aryl methyl sites for hydroxylation is 1. The number of benzene rings is 1. The summed E-state index contributed by atoms with van der Waals surface area (Å²) in [6.45, 7) is 9.72. The smallest absolute Gasteiger partial charge is 0.410 e. The lowest BCUT2D eigenvalue weighted by Gasteiger charge is -2.26. The van der Waals surface area contributed by atoms with E-state index in [0.717, 1.165) is 12.0 Å². The first-order chi connectivity index (χ1) is 11.7. The van der Waals surface area contributed by atoms with Crippen molar-refractivity contribution in [3.63, 3.8) is 0 Å². The molecule has 1 aromatic carbocycles. The number of nitrogens with zero attached hydrogens (tertiary/aromatic N) is 2. The van der Waals surface area contributed by atoms with E-state index in [-0.39, 0.29) is 18.6 Å². The van der Waals surface area contributed by atoms with Crippen molar-refractivity contribution in [1.29, 1.82) is 0 Å². The minimum absolute atomic E-state index is 0.00981. The Bertz CT molecular complexity index is 610. The maximum absolute atomic E-state index is 12.4. The summed E-state index contributed by atoms with van der Waals surface area (Å²) in [5.41, 5.74) is 0.577. The summed E-state index contributed by atoms with van der Waals surface area (Å²) < 4.78 is 11.0. The zero-order valence-electron chi connectivity index (χ0n) is 15.6. The normalized spacial score (nSPS) is 15.5. The number of carbonyl (C=O) groups is 2. The molecule has 2 rings (SSSR count). The van der Waals surface area contributed by atoms with Gasteiger partial charge in [-0.1, -0.05) is 12.1 Å². The third-order valence-corrected chi connectivity index (χ3v) is 3.85. The van der Waals surface area contributed by atoms with Crippen molar-refractivity contribution >= 4 is 12.0 Å². The molecule has 25 heavy (non-hydrogen) atoms. The van der Waals surface area contributed by atoms with Crippen LogP contribution >= 0.6 is 0 Å². The highest BCUT2D eigenvalue weighted by Gasteiger charge is 2.26. The third kappa shape index (κ3) is 6.29. The van der Waals surface area contributed by atoms with Crippen LogP contribution in [0.4, 0.5) is 4.79 Å². The van der Waals surface area contributed by atoms with Crippen LogP contribution in [0.1, 0.15) is 32.8 Å². The molecular formula is C19H28N2O4. The molecule has 0 saturated carbocycles. The van der Waals surface area contributed by atoms with Crippen LogP contribution in [0, 0.1) is 6.92 Å². The highest BCUT2D eigenvalue weighted by atomic mass is 16.6. The van der Waals surface area contributed by atoms with Crippen molar-refractivity contribution in [3.8, 4) is 5.75 Å². The SMILES string of the molecule is Cc1cccc(OCC(=O)N2CCCN(C(=O)OC(C)(C)C)CC2)c1. The molecule has 0 bridgehead atoms. The lowest BCUT2D eigenvalue weighted by Crippen LogP contribution is -2.41. The van der Waals surface area contributed by atoms with E-state index in [4.69, 9.17) is 9.47 Å². The summed E-state index contributed by atoms with van der Waals surface area (Å²) in [6, 6.07) is 7.63. The van der Waals surface area contributed by atoms with Crippen molar-refractivity contribution < 1.29 is 19.1 Å². The van der Waals surface area contributed by atoms with E-state index < -0.39 is 5.60 Å². The first kappa shape index (κ1) is 19.1. The molecule has 1 aliphatic rings. The molecule has 0 atom stereocenters. The van der Waals surface area contributed by atoms with Gasteiger partial charge in [0, 0.05) is 26.2 Å². The van der Waals surface area contributed by atoms with Crippen molar-refractivity contribution in [3.05, 3.63) is 29.8 Å². The molecule has 0 radical (unpaired) electrons. The molecule has 0 aliphatic carbocycles. The third-order valence-electron chi connectivity index (χ3n) is 3.85. The van der Waals surface area contributed by atoms with E-state index in [0.29, 0.717) is 31.9 Å². The monoisotopic (exact) mass is 348 g/mol. The van der Waals surface area contributed by atoms with Gasteiger partial charge in [0.25, 0.3) is 5.91 Å². The van der Waals surface area contributed by atoms with E-state index in [9.17, 15) is 9.59 Å². The minimum Gasteiger partial charge on any atom is -0.484 e. The van der Waals surface area contributed by atoms with Gasteiger partial charge in [0.05, 0.1) is 0 Å². The molecule has 6 heteroatoms. The molecule has 0 N–H and O–H groups in total. The van der Waals surface area contributed by atoms with Crippen LogP contribution in [0.2, 0.25) is 0 Å². The molecule has 1 heterocycles. The van der Waals surface area contributed by atoms with Crippen molar-refractivity contribution in [2.75, 3.05) is 32.8 Å². The Morgan fingerprint density at radius 1 is 1.08 bits per heavy atom. The van der Waals surface area contributed by atoms with Gasteiger partial charge in [0.2, 0.25) is 0 Å². The van der Waals surface area contributed by atoms with Crippen LogP contribution in [0.15, 0.2) is 24.3 Å². The maximum Gasteiger partial charge on any atom is 0.410 e. The van der Waals surface area contributed by atoms with Crippen LogP contribution in [0.5, 0.6) is 5.75 Å². The fraction of sp³-hybridized carbons (Fsp3) is 0.579. The second-order valence-electron chi connectivity index (χ2n) is 7.31. The van der Waals surface area contributed by atoms with Gasteiger partial charge in [-0.3, -0.25) is 4.79 Å². The van der Waals surface area contributed by atoms with Crippen LogP contribution in [0.25, 0.3) is 0 Å². The Labute approximate surface area is 149 Å². The van der Waals surface area contributed by atoms with Gasteiger partial charge in [-0.2, -0.15) is 0 Å². The van der Waals surface area contributed by atoms with Gasteiger partial charge < -0.3 is 19.3 Å². The Hall–Kier alpha value is -2.24. The zero-order valence-corrected chi connectivity index (χ0v) is 15.6. The summed E-state index contributed by atoms with van der Waals surface area (Å²) in [5.74, 6) is 0.631. The summed E-state index contributed by atoms with van der Waals surface area (Å²) in [4.78, 5) is 28.0. The topological polar surface area (TPSA) is 59.1 Å². The summed E-state index contributed by atoms with van der Waals surface area (Å²) in [7, 11) is 0. The lowest BCUT2D eigenvalue weighted by atomic mass is 10.2. The van der Waals surface area contributed by atoms with Crippen molar-refractivity contribution in [2.24, 2.45) is 0 Å². The van der Waals surface area contributed by atoms with E-state index in [1.807, 2.05) is 52.0 Å². The first-order valence-corrected chi connectivity index (χ1v) is 8.70. The van der Waals surface area contributed by atoms with Gasteiger partial charge in [0.15, 0.2) is 6.61 Å². The van der Waals surface area contributed by atoms with E-state index >= 15 is 0 Å². The number of rotatable bonds is 3. The van der Waals surface area contributed by atoms with Crippen LogP contribution in [0.3, 0.4) is 0 Å². The molecule has 6 nitrogen and oxygen atoms in total. The van der Waals surface area contributed by atoms with E-state index in [1.165, 1.54) is 0 Å². The second-order valence-corrected chi connectivity index (χ2v) is 7.31. The molecular weight excluding hydrogens is 320 g/mol. The van der Waals surface area contributed by atoms with Gasteiger partial charge >= 0.3 is 6.09 Å². The van der Waals surface area contributed by atoms with E-state index in [1.54, 1.807) is 9.80 Å². The van der Waals surface area contributed by atoms with Gasteiger partial charge in [-0.05, 0) is 51.8 Å². The summed E-state index contributed by atoms with van der Waals surface area (Å²) >= 11 is 0.